The molecule has 5 nitrogen and oxygen atoms in total. The molecule has 0 spiro atoms. The lowest BCUT2D eigenvalue weighted by Crippen LogP contribution is -2.29. The molecule has 1 aromatic carbocycles. The molecule has 0 aromatic heterocycles. The standard InChI is InChI=1S/C8H10BNO4/c11-8(12)5-10-7-3-1-6(2-4-7)9(13)14/h1-4,10,13-14H,5H2,(H,11,12). The average Bonchev–Trinajstić information content (AvgIpc) is 2.15. The summed E-state index contributed by atoms with van der Waals surface area (Å²) in [6, 6.07) is 6.18. The number of carboxylic acids is 1. The maximum atomic E-state index is 10.2. The van der Waals surface area contributed by atoms with Crippen LogP contribution in [0.15, 0.2) is 24.3 Å². The summed E-state index contributed by atoms with van der Waals surface area (Å²) >= 11 is 0. The normalized spacial score (nSPS) is 9.57. The average molecular weight is 195 g/mol. The van der Waals surface area contributed by atoms with Gasteiger partial charge in [0.05, 0.1) is 0 Å². The first-order valence-corrected chi connectivity index (χ1v) is 4.01. The first kappa shape index (κ1) is 10.6. The van der Waals surface area contributed by atoms with Crippen molar-refractivity contribution in [2.24, 2.45) is 0 Å². The van der Waals surface area contributed by atoms with Crippen molar-refractivity contribution in [1.29, 1.82) is 0 Å². The molecule has 0 aliphatic rings. The van der Waals surface area contributed by atoms with E-state index in [2.05, 4.69) is 5.32 Å². The minimum atomic E-state index is -1.50. The molecule has 0 bridgehead atoms. The molecule has 0 aliphatic heterocycles. The number of aliphatic carboxylic acids is 1. The van der Waals surface area contributed by atoms with Crippen molar-refractivity contribution >= 4 is 24.2 Å². The minimum Gasteiger partial charge on any atom is -0.480 e. The monoisotopic (exact) mass is 195 g/mol. The summed E-state index contributed by atoms with van der Waals surface area (Å²) in [7, 11) is -1.50. The number of anilines is 1. The highest BCUT2D eigenvalue weighted by molar-refractivity contribution is 6.58. The summed E-state index contributed by atoms with van der Waals surface area (Å²) in [6.07, 6.45) is 0. The van der Waals surface area contributed by atoms with Gasteiger partial charge < -0.3 is 20.5 Å². The molecular formula is C8H10BNO4. The van der Waals surface area contributed by atoms with Gasteiger partial charge >= 0.3 is 13.1 Å². The van der Waals surface area contributed by atoms with Crippen molar-refractivity contribution < 1.29 is 19.9 Å². The number of benzene rings is 1. The van der Waals surface area contributed by atoms with E-state index in [0.29, 0.717) is 11.2 Å². The third-order valence-corrected chi connectivity index (χ3v) is 1.65. The number of rotatable bonds is 4. The molecule has 0 radical (unpaired) electrons. The highest BCUT2D eigenvalue weighted by atomic mass is 16.4. The molecule has 0 aliphatic carbocycles. The topological polar surface area (TPSA) is 89.8 Å². The van der Waals surface area contributed by atoms with Gasteiger partial charge in [-0.2, -0.15) is 0 Å². The van der Waals surface area contributed by atoms with Crippen LogP contribution in [-0.2, 0) is 4.79 Å². The Bertz CT molecular complexity index is 312. The van der Waals surface area contributed by atoms with Gasteiger partial charge in [-0.3, -0.25) is 4.79 Å². The van der Waals surface area contributed by atoms with Gasteiger partial charge in [-0.05, 0) is 17.6 Å². The van der Waals surface area contributed by atoms with Crippen LogP contribution in [0.1, 0.15) is 0 Å². The van der Waals surface area contributed by atoms with Crippen LogP contribution in [0.2, 0.25) is 0 Å². The van der Waals surface area contributed by atoms with E-state index in [1.165, 1.54) is 12.1 Å². The van der Waals surface area contributed by atoms with E-state index >= 15 is 0 Å². The van der Waals surface area contributed by atoms with Crippen LogP contribution in [0.3, 0.4) is 0 Å². The zero-order valence-electron chi connectivity index (χ0n) is 7.34. The Balaban J connectivity index is 2.59. The van der Waals surface area contributed by atoms with E-state index in [9.17, 15) is 4.79 Å². The van der Waals surface area contributed by atoms with E-state index in [1.54, 1.807) is 12.1 Å². The van der Waals surface area contributed by atoms with E-state index in [0.717, 1.165) is 0 Å². The molecular weight excluding hydrogens is 185 g/mol. The van der Waals surface area contributed by atoms with Gasteiger partial charge in [0.15, 0.2) is 0 Å². The lowest BCUT2D eigenvalue weighted by atomic mass is 9.80. The molecule has 0 fully saturated rings. The summed E-state index contributed by atoms with van der Waals surface area (Å²) in [5.74, 6) is -0.948. The van der Waals surface area contributed by atoms with Crippen molar-refractivity contribution in [2.75, 3.05) is 11.9 Å². The van der Waals surface area contributed by atoms with E-state index < -0.39 is 13.1 Å². The maximum absolute atomic E-state index is 10.2. The molecule has 0 saturated carbocycles. The van der Waals surface area contributed by atoms with Crippen molar-refractivity contribution in [2.45, 2.75) is 0 Å². The Morgan fingerprint density at radius 2 is 1.86 bits per heavy atom. The first-order chi connectivity index (χ1) is 6.59. The van der Waals surface area contributed by atoms with Gasteiger partial charge in [0.1, 0.15) is 6.54 Å². The van der Waals surface area contributed by atoms with Crippen molar-refractivity contribution in [3.8, 4) is 0 Å². The van der Waals surface area contributed by atoms with E-state index in [-0.39, 0.29) is 6.54 Å². The van der Waals surface area contributed by atoms with Crippen LogP contribution in [0, 0.1) is 0 Å². The smallest absolute Gasteiger partial charge is 0.480 e. The number of carbonyl (C=O) groups is 1. The molecule has 1 rings (SSSR count). The molecule has 0 unspecified atom stereocenters. The summed E-state index contributed by atoms with van der Waals surface area (Å²) in [6.45, 7) is -0.166. The summed E-state index contributed by atoms with van der Waals surface area (Å²) in [5, 5.41) is 28.6. The summed E-state index contributed by atoms with van der Waals surface area (Å²) < 4.78 is 0. The zero-order chi connectivity index (χ0) is 10.6. The quantitative estimate of drug-likeness (QED) is 0.456. The first-order valence-electron chi connectivity index (χ1n) is 4.01. The molecule has 74 valence electrons. The third-order valence-electron chi connectivity index (χ3n) is 1.65. The minimum absolute atomic E-state index is 0.166. The molecule has 0 saturated heterocycles. The van der Waals surface area contributed by atoms with Crippen molar-refractivity contribution in [3.63, 3.8) is 0 Å². The van der Waals surface area contributed by atoms with Gasteiger partial charge in [0.25, 0.3) is 0 Å². The van der Waals surface area contributed by atoms with Crippen molar-refractivity contribution in [1.82, 2.24) is 0 Å². The van der Waals surface area contributed by atoms with Gasteiger partial charge in [-0.15, -0.1) is 0 Å². The fourth-order valence-electron chi connectivity index (χ4n) is 0.951. The second-order valence-electron chi connectivity index (χ2n) is 2.74. The van der Waals surface area contributed by atoms with Gasteiger partial charge in [0.2, 0.25) is 0 Å². The lowest BCUT2D eigenvalue weighted by Gasteiger charge is -2.04. The highest BCUT2D eigenvalue weighted by Crippen LogP contribution is 2.03. The predicted octanol–water partition coefficient (Wildman–Crippen LogP) is -1.14. The Morgan fingerprint density at radius 1 is 1.29 bits per heavy atom. The number of hydrogen-bond donors (Lipinski definition) is 4. The Hall–Kier alpha value is -1.53. The second-order valence-corrected chi connectivity index (χ2v) is 2.74. The fraction of sp³-hybridized carbons (Fsp3) is 0.125. The SMILES string of the molecule is O=C(O)CNc1ccc(B(O)O)cc1. The second kappa shape index (κ2) is 4.64. The van der Waals surface area contributed by atoms with Crippen LogP contribution >= 0.6 is 0 Å². The third kappa shape index (κ3) is 3.08. The fourth-order valence-corrected chi connectivity index (χ4v) is 0.951. The van der Waals surface area contributed by atoms with Gasteiger partial charge in [-0.1, -0.05) is 12.1 Å². The van der Waals surface area contributed by atoms with Crippen LogP contribution in [0.4, 0.5) is 5.69 Å². The van der Waals surface area contributed by atoms with Crippen LogP contribution < -0.4 is 10.8 Å². The van der Waals surface area contributed by atoms with Crippen LogP contribution in [0.5, 0.6) is 0 Å². The molecule has 0 heterocycles. The van der Waals surface area contributed by atoms with Crippen molar-refractivity contribution in [3.05, 3.63) is 24.3 Å². The zero-order valence-corrected chi connectivity index (χ0v) is 7.34. The highest BCUT2D eigenvalue weighted by Gasteiger charge is 2.09. The Kier molecular flexibility index (Phi) is 3.50. The number of nitrogens with one attached hydrogen (secondary N) is 1. The maximum Gasteiger partial charge on any atom is 0.488 e. The van der Waals surface area contributed by atoms with Crippen LogP contribution in [-0.4, -0.2) is 34.8 Å². The Labute approximate surface area is 81.1 Å². The summed E-state index contributed by atoms with van der Waals surface area (Å²) in [4.78, 5) is 10.2. The van der Waals surface area contributed by atoms with Crippen LogP contribution in [0.25, 0.3) is 0 Å². The number of hydrogen-bond acceptors (Lipinski definition) is 4. The Morgan fingerprint density at radius 3 is 2.29 bits per heavy atom. The largest absolute Gasteiger partial charge is 0.488 e. The summed E-state index contributed by atoms with van der Waals surface area (Å²) in [5.41, 5.74) is 0.989. The molecule has 1 aromatic rings. The van der Waals surface area contributed by atoms with E-state index in [4.69, 9.17) is 15.2 Å². The number of carboxylic acid groups (broad SMARTS) is 1. The molecule has 0 atom stereocenters. The molecule has 14 heavy (non-hydrogen) atoms. The molecule has 6 heteroatoms. The molecule has 4 N–H and O–H groups in total. The lowest BCUT2D eigenvalue weighted by molar-refractivity contribution is -0.134. The van der Waals surface area contributed by atoms with E-state index in [1.807, 2.05) is 0 Å². The van der Waals surface area contributed by atoms with Gasteiger partial charge in [0, 0.05) is 5.69 Å². The molecule has 0 amide bonds. The van der Waals surface area contributed by atoms with Gasteiger partial charge in [-0.25, -0.2) is 0 Å². The predicted molar refractivity (Wildman–Crippen MR) is 52.4 cm³/mol.